The molecule has 0 atom stereocenters. The summed E-state index contributed by atoms with van der Waals surface area (Å²) in [6, 6.07) is 8.11. The lowest BCUT2D eigenvalue weighted by Crippen LogP contribution is -2.28. The van der Waals surface area contributed by atoms with Crippen LogP contribution < -0.4 is 11.1 Å². The molecule has 1 aromatic rings. The van der Waals surface area contributed by atoms with Crippen LogP contribution in [0.4, 0.5) is 0 Å². The minimum atomic E-state index is -0.328. The Labute approximate surface area is 90.8 Å². The highest BCUT2D eigenvalue weighted by Crippen LogP contribution is 2.05. The van der Waals surface area contributed by atoms with Gasteiger partial charge in [0.15, 0.2) is 0 Å². The summed E-state index contributed by atoms with van der Waals surface area (Å²) < 4.78 is 1.20. The maximum absolute atomic E-state index is 10.4. The smallest absolute Gasteiger partial charge is 0.231 e. The van der Waals surface area contributed by atoms with Crippen molar-refractivity contribution in [3.63, 3.8) is 0 Å². The van der Waals surface area contributed by atoms with E-state index in [1.54, 1.807) is 0 Å². The Bertz CT molecular complexity index is 284. The third kappa shape index (κ3) is 4.23. The zero-order valence-corrected chi connectivity index (χ0v) is 9.24. The summed E-state index contributed by atoms with van der Waals surface area (Å²) in [5.74, 6) is -0.328. The number of primary amides is 1. The van der Waals surface area contributed by atoms with Crippen molar-refractivity contribution >= 4 is 28.5 Å². The second-order valence-corrected chi connectivity index (χ2v) is 3.94. The molecule has 4 heteroatoms. The molecular weight excluding hydrogens is 279 g/mol. The highest BCUT2D eigenvalue weighted by atomic mass is 127. The maximum atomic E-state index is 10.4. The van der Waals surface area contributed by atoms with Crippen LogP contribution in [0, 0.1) is 3.57 Å². The van der Waals surface area contributed by atoms with Gasteiger partial charge in [-0.15, -0.1) is 0 Å². The van der Waals surface area contributed by atoms with Crippen LogP contribution in [-0.4, -0.2) is 12.5 Å². The molecule has 0 aliphatic heterocycles. The fourth-order valence-corrected chi connectivity index (χ4v) is 1.29. The van der Waals surface area contributed by atoms with Gasteiger partial charge in [-0.2, -0.15) is 0 Å². The lowest BCUT2D eigenvalue weighted by atomic mass is 10.2. The van der Waals surface area contributed by atoms with Crippen LogP contribution in [0.5, 0.6) is 0 Å². The number of amides is 1. The van der Waals surface area contributed by atoms with Gasteiger partial charge in [0.05, 0.1) is 6.54 Å². The van der Waals surface area contributed by atoms with Crippen molar-refractivity contribution in [3.05, 3.63) is 33.4 Å². The first-order valence-electron chi connectivity index (χ1n) is 3.92. The van der Waals surface area contributed by atoms with E-state index >= 15 is 0 Å². The first-order chi connectivity index (χ1) is 6.18. The zero-order valence-electron chi connectivity index (χ0n) is 7.09. The van der Waals surface area contributed by atoms with Crippen LogP contribution in [0.25, 0.3) is 0 Å². The third-order valence-electron chi connectivity index (χ3n) is 1.54. The fourth-order valence-electron chi connectivity index (χ4n) is 0.932. The van der Waals surface area contributed by atoms with Gasteiger partial charge in [0, 0.05) is 10.1 Å². The van der Waals surface area contributed by atoms with Gasteiger partial charge in [-0.05, 0) is 40.3 Å². The first-order valence-corrected chi connectivity index (χ1v) is 5.00. The molecule has 0 unspecified atom stereocenters. The number of halogens is 1. The Kier molecular flexibility index (Phi) is 4.17. The van der Waals surface area contributed by atoms with Gasteiger partial charge in [-0.1, -0.05) is 12.1 Å². The van der Waals surface area contributed by atoms with E-state index in [1.165, 1.54) is 3.57 Å². The van der Waals surface area contributed by atoms with E-state index in [1.807, 2.05) is 24.3 Å². The van der Waals surface area contributed by atoms with Gasteiger partial charge in [-0.3, -0.25) is 4.79 Å². The first kappa shape index (κ1) is 10.5. The Hall–Kier alpha value is -0.620. The highest BCUT2D eigenvalue weighted by Gasteiger charge is 1.94. The molecule has 0 saturated heterocycles. The molecule has 1 rings (SSSR count). The van der Waals surface area contributed by atoms with Crippen LogP contribution in [0.1, 0.15) is 5.56 Å². The van der Waals surface area contributed by atoms with Crippen molar-refractivity contribution in [1.82, 2.24) is 5.32 Å². The van der Waals surface area contributed by atoms with E-state index in [4.69, 9.17) is 5.73 Å². The topological polar surface area (TPSA) is 55.1 Å². The van der Waals surface area contributed by atoms with Crippen LogP contribution in [-0.2, 0) is 11.3 Å². The van der Waals surface area contributed by atoms with Crippen molar-refractivity contribution in [2.45, 2.75) is 6.54 Å². The molecule has 0 aliphatic carbocycles. The standard InChI is InChI=1S/C9H11IN2O/c10-8-3-1-7(2-4-8)5-12-6-9(11)13/h1-4,12H,5-6H2,(H2,11,13). The molecule has 0 bridgehead atoms. The van der Waals surface area contributed by atoms with E-state index in [-0.39, 0.29) is 12.5 Å². The molecule has 1 amide bonds. The molecule has 0 radical (unpaired) electrons. The Morgan fingerprint density at radius 1 is 1.38 bits per heavy atom. The highest BCUT2D eigenvalue weighted by molar-refractivity contribution is 14.1. The van der Waals surface area contributed by atoms with Crippen LogP contribution >= 0.6 is 22.6 Å². The van der Waals surface area contributed by atoms with E-state index in [0.717, 1.165) is 5.56 Å². The molecule has 3 N–H and O–H groups in total. The van der Waals surface area contributed by atoms with Crippen molar-refractivity contribution in [1.29, 1.82) is 0 Å². The molecule has 70 valence electrons. The van der Waals surface area contributed by atoms with Gasteiger partial charge in [0.25, 0.3) is 0 Å². The van der Waals surface area contributed by atoms with E-state index < -0.39 is 0 Å². The van der Waals surface area contributed by atoms with Crippen LogP contribution in [0.15, 0.2) is 24.3 Å². The molecule has 0 fully saturated rings. The van der Waals surface area contributed by atoms with Crippen LogP contribution in [0.2, 0.25) is 0 Å². The predicted molar refractivity (Wildman–Crippen MR) is 60.1 cm³/mol. The summed E-state index contributed by atoms with van der Waals surface area (Å²) >= 11 is 2.25. The monoisotopic (exact) mass is 290 g/mol. The van der Waals surface area contributed by atoms with Crippen molar-refractivity contribution in [2.24, 2.45) is 5.73 Å². The molecule has 13 heavy (non-hydrogen) atoms. The lowest BCUT2D eigenvalue weighted by molar-refractivity contribution is -0.117. The lowest BCUT2D eigenvalue weighted by Gasteiger charge is -2.01. The van der Waals surface area contributed by atoms with E-state index in [2.05, 4.69) is 27.9 Å². The number of nitrogens with two attached hydrogens (primary N) is 1. The number of hydrogen-bond acceptors (Lipinski definition) is 2. The molecule has 0 spiro atoms. The minimum Gasteiger partial charge on any atom is -0.369 e. The van der Waals surface area contributed by atoms with Crippen molar-refractivity contribution < 1.29 is 4.79 Å². The average Bonchev–Trinajstić information content (AvgIpc) is 2.08. The summed E-state index contributed by atoms with van der Waals surface area (Å²) in [7, 11) is 0. The van der Waals surface area contributed by atoms with Crippen molar-refractivity contribution in [2.75, 3.05) is 6.54 Å². The van der Waals surface area contributed by atoms with E-state index in [9.17, 15) is 4.79 Å². The summed E-state index contributed by atoms with van der Waals surface area (Å²) in [4.78, 5) is 10.4. The fraction of sp³-hybridized carbons (Fsp3) is 0.222. The van der Waals surface area contributed by atoms with Gasteiger partial charge in [0.1, 0.15) is 0 Å². The third-order valence-corrected chi connectivity index (χ3v) is 2.26. The number of hydrogen-bond donors (Lipinski definition) is 2. The van der Waals surface area contributed by atoms with Gasteiger partial charge in [-0.25, -0.2) is 0 Å². The number of rotatable bonds is 4. The van der Waals surface area contributed by atoms with Gasteiger partial charge in [0.2, 0.25) is 5.91 Å². The SMILES string of the molecule is NC(=O)CNCc1ccc(I)cc1. The predicted octanol–water partition coefficient (Wildman–Crippen LogP) is 0.866. The Morgan fingerprint density at radius 2 is 2.00 bits per heavy atom. The van der Waals surface area contributed by atoms with Crippen molar-refractivity contribution in [3.8, 4) is 0 Å². The number of carbonyl (C=O) groups is 1. The van der Waals surface area contributed by atoms with Gasteiger partial charge >= 0.3 is 0 Å². The zero-order chi connectivity index (χ0) is 9.68. The van der Waals surface area contributed by atoms with Gasteiger partial charge < -0.3 is 11.1 Å². The molecule has 0 saturated carbocycles. The summed E-state index contributed by atoms with van der Waals surface area (Å²) in [5, 5.41) is 2.94. The molecule has 0 aromatic heterocycles. The Morgan fingerprint density at radius 3 is 2.54 bits per heavy atom. The summed E-state index contributed by atoms with van der Waals surface area (Å²) in [5.41, 5.74) is 6.13. The number of carbonyl (C=O) groups excluding carboxylic acids is 1. The molecule has 3 nitrogen and oxygen atoms in total. The second kappa shape index (κ2) is 5.18. The number of nitrogens with one attached hydrogen (secondary N) is 1. The minimum absolute atomic E-state index is 0.228. The average molecular weight is 290 g/mol. The molecule has 0 aliphatic rings. The summed E-state index contributed by atoms with van der Waals surface area (Å²) in [6.07, 6.45) is 0. The molecule has 0 heterocycles. The number of benzene rings is 1. The normalized spacial score (nSPS) is 9.92. The molecular formula is C9H11IN2O. The Balaban J connectivity index is 2.37. The second-order valence-electron chi connectivity index (χ2n) is 2.70. The maximum Gasteiger partial charge on any atom is 0.231 e. The van der Waals surface area contributed by atoms with Crippen LogP contribution in [0.3, 0.4) is 0 Å². The quantitative estimate of drug-likeness (QED) is 0.808. The largest absolute Gasteiger partial charge is 0.369 e. The summed E-state index contributed by atoms with van der Waals surface area (Å²) in [6.45, 7) is 0.909. The van der Waals surface area contributed by atoms with E-state index in [0.29, 0.717) is 6.54 Å². The molecule has 1 aromatic carbocycles.